The molecule has 1 rings (SSSR count). The molecule has 1 aromatic carbocycles. The first kappa shape index (κ1) is 9.80. The minimum atomic E-state index is -0.463. The van der Waals surface area contributed by atoms with E-state index < -0.39 is 5.24 Å². The molecule has 0 bridgehead atoms. The van der Waals surface area contributed by atoms with Crippen LogP contribution in [0.15, 0.2) is 35.4 Å². The van der Waals surface area contributed by atoms with Crippen LogP contribution < -0.4 is 5.43 Å². The largest absolute Gasteiger partial charge is 0.296 e. The van der Waals surface area contributed by atoms with Gasteiger partial charge in [-0.25, -0.2) is 5.43 Å². The number of carbonyl (C=O) groups is 1. The Morgan fingerprint density at radius 1 is 1.38 bits per heavy atom. The summed E-state index contributed by atoms with van der Waals surface area (Å²) in [5.41, 5.74) is 3.99. The molecular formula is C9H10N2OS. The predicted octanol–water partition coefficient (Wildman–Crippen LogP) is 2.05. The second-order valence-electron chi connectivity index (χ2n) is 2.48. The first-order chi connectivity index (χ1) is 6.20. The molecule has 0 aliphatic carbocycles. The maximum Gasteiger partial charge on any atom is 0.296 e. The first-order valence-electron chi connectivity index (χ1n) is 3.79. The number of carbonyl (C=O) groups excluding carboxylic acids is 1. The van der Waals surface area contributed by atoms with Crippen LogP contribution in [0.3, 0.4) is 0 Å². The van der Waals surface area contributed by atoms with Gasteiger partial charge in [0.05, 0.1) is 5.71 Å². The van der Waals surface area contributed by atoms with Crippen molar-refractivity contribution in [3.8, 4) is 0 Å². The first-order valence-corrected chi connectivity index (χ1v) is 4.23. The van der Waals surface area contributed by atoms with Gasteiger partial charge in [0.2, 0.25) is 0 Å². The molecule has 1 amide bonds. The molecular weight excluding hydrogens is 184 g/mol. The Hall–Kier alpha value is -1.29. The molecule has 0 aliphatic rings. The number of nitrogens with zero attached hydrogens (tertiary/aromatic N) is 1. The molecule has 4 heteroatoms. The third kappa shape index (κ3) is 3.29. The molecule has 0 saturated carbocycles. The third-order valence-electron chi connectivity index (χ3n) is 1.51. The Balaban J connectivity index is 2.73. The zero-order chi connectivity index (χ0) is 9.68. The van der Waals surface area contributed by atoms with Gasteiger partial charge < -0.3 is 0 Å². The van der Waals surface area contributed by atoms with E-state index in [-0.39, 0.29) is 0 Å². The molecule has 0 aromatic heterocycles. The summed E-state index contributed by atoms with van der Waals surface area (Å²) in [6.07, 6.45) is 0. The van der Waals surface area contributed by atoms with E-state index in [2.05, 4.69) is 23.2 Å². The van der Waals surface area contributed by atoms with Crippen molar-refractivity contribution in [2.45, 2.75) is 6.92 Å². The molecule has 1 N–H and O–H groups in total. The van der Waals surface area contributed by atoms with Crippen LogP contribution in [-0.4, -0.2) is 11.0 Å². The standard InChI is InChI=1S/C9H10N2OS/c1-7(10-11-9(12)13)8-5-3-2-4-6-8/h2-6H,1H3,(H2,11,12,13). The molecule has 0 spiro atoms. The van der Waals surface area contributed by atoms with Crippen molar-refractivity contribution in [1.29, 1.82) is 0 Å². The summed E-state index contributed by atoms with van der Waals surface area (Å²) in [6, 6.07) is 9.59. The summed E-state index contributed by atoms with van der Waals surface area (Å²) in [7, 11) is 0. The second kappa shape index (κ2) is 4.67. The van der Waals surface area contributed by atoms with Crippen LogP contribution in [0.2, 0.25) is 0 Å². The lowest BCUT2D eigenvalue weighted by molar-refractivity contribution is 0.261. The van der Waals surface area contributed by atoms with Crippen LogP contribution in [0, 0.1) is 0 Å². The van der Waals surface area contributed by atoms with Crippen molar-refractivity contribution >= 4 is 23.6 Å². The van der Waals surface area contributed by atoms with E-state index >= 15 is 0 Å². The number of nitrogens with one attached hydrogen (secondary N) is 1. The van der Waals surface area contributed by atoms with Crippen LogP contribution in [0.1, 0.15) is 12.5 Å². The number of amides is 1. The summed E-state index contributed by atoms with van der Waals surface area (Å²) in [4.78, 5) is 10.4. The lowest BCUT2D eigenvalue weighted by Gasteiger charge is -1.99. The van der Waals surface area contributed by atoms with Gasteiger partial charge >= 0.3 is 0 Å². The Morgan fingerprint density at radius 3 is 2.54 bits per heavy atom. The number of rotatable bonds is 2. The fourth-order valence-electron chi connectivity index (χ4n) is 0.876. The van der Waals surface area contributed by atoms with E-state index in [0.717, 1.165) is 11.3 Å². The van der Waals surface area contributed by atoms with E-state index in [0.29, 0.717) is 0 Å². The van der Waals surface area contributed by atoms with Gasteiger partial charge in [0, 0.05) is 0 Å². The number of hydrazone groups is 1. The van der Waals surface area contributed by atoms with Crippen LogP contribution >= 0.6 is 12.6 Å². The van der Waals surface area contributed by atoms with Crippen LogP contribution in [0.4, 0.5) is 4.79 Å². The van der Waals surface area contributed by atoms with E-state index in [4.69, 9.17) is 0 Å². The quantitative estimate of drug-likeness (QED) is 0.422. The van der Waals surface area contributed by atoms with Gasteiger partial charge in [0.1, 0.15) is 0 Å². The van der Waals surface area contributed by atoms with Crippen molar-refractivity contribution in [2.75, 3.05) is 0 Å². The SMILES string of the molecule is CC(=NNC(=O)S)c1ccccc1. The highest BCUT2D eigenvalue weighted by atomic mass is 32.1. The molecule has 0 heterocycles. The van der Waals surface area contributed by atoms with Crippen LogP contribution in [0.5, 0.6) is 0 Å². The van der Waals surface area contributed by atoms with Crippen molar-refractivity contribution in [1.82, 2.24) is 5.43 Å². The van der Waals surface area contributed by atoms with E-state index in [1.807, 2.05) is 37.3 Å². The van der Waals surface area contributed by atoms with Gasteiger partial charge in [-0.05, 0) is 12.5 Å². The van der Waals surface area contributed by atoms with E-state index in [9.17, 15) is 4.79 Å². The number of thiol groups is 1. The number of benzene rings is 1. The average molecular weight is 194 g/mol. The molecule has 0 saturated heterocycles. The molecule has 68 valence electrons. The van der Waals surface area contributed by atoms with Crippen molar-refractivity contribution < 1.29 is 4.79 Å². The normalized spacial score (nSPS) is 11.1. The van der Waals surface area contributed by atoms with Gasteiger partial charge in [-0.3, -0.25) is 4.79 Å². The summed E-state index contributed by atoms with van der Waals surface area (Å²) in [5, 5.41) is 3.37. The topological polar surface area (TPSA) is 41.5 Å². The van der Waals surface area contributed by atoms with Gasteiger partial charge in [0.15, 0.2) is 0 Å². The number of hydrogen-bond acceptors (Lipinski definition) is 2. The highest BCUT2D eigenvalue weighted by molar-refractivity contribution is 7.96. The van der Waals surface area contributed by atoms with Gasteiger partial charge in [-0.15, -0.1) is 0 Å². The highest BCUT2D eigenvalue weighted by Gasteiger charge is 1.95. The highest BCUT2D eigenvalue weighted by Crippen LogP contribution is 1.99. The Bertz CT molecular complexity index is 322. The zero-order valence-corrected chi connectivity index (χ0v) is 8.08. The van der Waals surface area contributed by atoms with Crippen molar-refractivity contribution in [2.24, 2.45) is 5.10 Å². The second-order valence-corrected chi connectivity index (χ2v) is 2.89. The number of hydrogen-bond donors (Lipinski definition) is 2. The van der Waals surface area contributed by atoms with Gasteiger partial charge in [-0.2, -0.15) is 5.10 Å². The van der Waals surface area contributed by atoms with Gasteiger partial charge in [-0.1, -0.05) is 43.0 Å². The minimum Gasteiger partial charge on any atom is -0.260 e. The molecule has 0 fully saturated rings. The maximum atomic E-state index is 10.4. The maximum absolute atomic E-state index is 10.4. The molecule has 0 unspecified atom stereocenters. The third-order valence-corrected chi connectivity index (χ3v) is 1.61. The molecule has 3 nitrogen and oxygen atoms in total. The van der Waals surface area contributed by atoms with Gasteiger partial charge in [0.25, 0.3) is 5.24 Å². The summed E-state index contributed by atoms with van der Waals surface area (Å²) < 4.78 is 0. The Kier molecular flexibility index (Phi) is 3.52. The van der Waals surface area contributed by atoms with E-state index in [1.54, 1.807) is 0 Å². The Morgan fingerprint density at radius 2 is 2.00 bits per heavy atom. The van der Waals surface area contributed by atoms with Crippen LogP contribution in [-0.2, 0) is 0 Å². The monoisotopic (exact) mass is 194 g/mol. The molecule has 1 aromatic rings. The summed E-state index contributed by atoms with van der Waals surface area (Å²) in [6.45, 7) is 1.82. The fraction of sp³-hybridized carbons (Fsp3) is 0.111. The Labute approximate surface area is 82.3 Å². The molecule has 0 radical (unpaired) electrons. The van der Waals surface area contributed by atoms with E-state index in [1.165, 1.54) is 0 Å². The average Bonchev–Trinajstić information content (AvgIpc) is 2.15. The summed E-state index contributed by atoms with van der Waals surface area (Å²) >= 11 is 3.53. The molecule has 0 atom stereocenters. The fourth-order valence-corrected chi connectivity index (χ4v) is 0.926. The van der Waals surface area contributed by atoms with Crippen molar-refractivity contribution in [3.63, 3.8) is 0 Å². The lowest BCUT2D eigenvalue weighted by atomic mass is 10.1. The smallest absolute Gasteiger partial charge is 0.260 e. The predicted molar refractivity (Wildman–Crippen MR) is 56.2 cm³/mol. The van der Waals surface area contributed by atoms with Crippen LogP contribution in [0.25, 0.3) is 0 Å². The zero-order valence-electron chi connectivity index (χ0n) is 7.19. The molecule has 13 heavy (non-hydrogen) atoms. The minimum absolute atomic E-state index is 0.463. The summed E-state index contributed by atoms with van der Waals surface area (Å²) in [5.74, 6) is 0. The lowest BCUT2D eigenvalue weighted by Crippen LogP contribution is -2.11. The van der Waals surface area contributed by atoms with Crippen molar-refractivity contribution in [3.05, 3.63) is 35.9 Å². The molecule has 0 aliphatic heterocycles.